The summed E-state index contributed by atoms with van der Waals surface area (Å²) in [4.78, 5) is 12.3. The van der Waals surface area contributed by atoms with Crippen LogP contribution < -0.4 is 0 Å². The van der Waals surface area contributed by atoms with Crippen LogP contribution in [0.2, 0.25) is 19.1 Å². The van der Waals surface area contributed by atoms with E-state index in [9.17, 15) is 4.79 Å². The standard InChI is InChI=1S/C24H48O2Si/c1-4-5-6-7-8-9-10-11-12-13-14-15-16-17-18-20-23(25)24-21-19-22-27(2,3)26-24/h24H,4-22H2,1-3H3. The van der Waals surface area contributed by atoms with Crippen molar-refractivity contribution < 1.29 is 9.22 Å². The quantitative estimate of drug-likeness (QED) is 0.183. The van der Waals surface area contributed by atoms with Gasteiger partial charge < -0.3 is 4.43 Å². The summed E-state index contributed by atoms with van der Waals surface area (Å²) in [6.07, 6.45) is 23.4. The van der Waals surface area contributed by atoms with Gasteiger partial charge in [0.05, 0.1) is 0 Å². The first-order chi connectivity index (χ1) is 13.0. The molecule has 0 aromatic heterocycles. The summed E-state index contributed by atoms with van der Waals surface area (Å²) in [6, 6.07) is 1.22. The second-order valence-corrected chi connectivity index (χ2v) is 13.7. The number of rotatable bonds is 17. The summed E-state index contributed by atoms with van der Waals surface area (Å²) in [5.41, 5.74) is 0. The fraction of sp³-hybridized carbons (Fsp3) is 0.958. The number of ketones is 1. The van der Waals surface area contributed by atoms with Crippen LogP contribution in [0, 0.1) is 0 Å². The van der Waals surface area contributed by atoms with Crippen molar-refractivity contribution in [1.82, 2.24) is 0 Å². The lowest BCUT2D eigenvalue weighted by Crippen LogP contribution is -2.42. The molecule has 1 fully saturated rings. The van der Waals surface area contributed by atoms with E-state index in [2.05, 4.69) is 20.0 Å². The fourth-order valence-electron chi connectivity index (χ4n) is 4.27. The molecule has 1 aliphatic rings. The predicted octanol–water partition coefficient (Wildman–Crippen LogP) is 8.20. The van der Waals surface area contributed by atoms with Crippen molar-refractivity contribution in [2.75, 3.05) is 0 Å². The van der Waals surface area contributed by atoms with Gasteiger partial charge in [0.25, 0.3) is 0 Å². The summed E-state index contributed by atoms with van der Waals surface area (Å²) in [7, 11) is -1.53. The number of Topliss-reactive ketones (excluding diaryl/α,β-unsaturated/α-hetero) is 1. The summed E-state index contributed by atoms with van der Waals surface area (Å²) < 4.78 is 6.10. The van der Waals surface area contributed by atoms with Crippen LogP contribution in [0.3, 0.4) is 0 Å². The van der Waals surface area contributed by atoms with Gasteiger partial charge in [0, 0.05) is 6.42 Å². The SMILES string of the molecule is CCCCCCCCCCCCCCCCCC(=O)C1CCC[Si](C)(C)O1. The fourth-order valence-corrected chi connectivity index (χ4v) is 6.47. The minimum Gasteiger partial charge on any atom is -0.407 e. The molecule has 0 aromatic carbocycles. The van der Waals surface area contributed by atoms with Crippen LogP contribution in [-0.2, 0) is 9.22 Å². The predicted molar refractivity (Wildman–Crippen MR) is 121 cm³/mol. The van der Waals surface area contributed by atoms with Crippen molar-refractivity contribution in [3.05, 3.63) is 0 Å². The molecule has 1 atom stereocenters. The first-order valence-electron chi connectivity index (χ1n) is 12.3. The van der Waals surface area contributed by atoms with Gasteiger partial charge in [0.2, 0.25) is 0 Å². The molecule has 160 valence electrons. The van der Waals surface area contributed by atoms with E-state index in [-0.39, 0.29) is 6.10 Å². The molecule has 1 unspecified atom stereocenters. The largest absolute Gasteiger partial charge is 0.407 e. The van der Waals surface area contributed by atoms with E-state index in [0.29, 0.717) is 5.78 Å². The topological polar surface area (TPSA) is 26.3 Å². The molecule has 27 heavy (non-hydrogen) atoms. The normalized spacial score (nSPS) is 19.3. The third kappa shape index (κ3) is 13.6. The Kier molecular flexibility index (Phi) is 14.5. The number of unbranched alkanes of at least 4 members (excludes halogenated alkanes) is 14. The Morgan fingerprint density at radius 1 is 0.778 bits per heavy atom. The van der Waals surface area contributed by atoms with Gasteiger partial charge in [-0.15, -0.1) is 0 Å². The number of hydrogen-bond acceptors (Lipinski definition) is 2. The van der Waals surface area contributed by atoms with Crippen LogP contribution in [0.15, 0.2) is 0 Å². The van der Waals surface area contributed by atoms with Crippen molar-refractivity contribution >= 4 is 14.1 Å². The first kappa shape index (κ1) is 24.9. The number of carbonyl (C=O) groups excluding carboxylic acids is 1. The molecule has 1 heterocycles. The minimum absolute atomic E-state index is 0.0629. The second-order valence-electron chi connectivity index (χ2n) is 9.42. The Hall–Kier alpha value is -0.153. The minimum atomic E-state index is -1.53. The summed E-state index contributed by atoms with van der Waals surface area (Å²) in [6.45, 7) is 6.79. The molecule has 0 spiro atoms. The van der Waals surface area contributed by atoms with Crippen LogP contribution in [0.5, 0.6) is 0 Å². The van der Waals surface area contributed by atoms with Gasteiger partial charge in [-0.1, -0.05) is 103 Å². The Labute approximate surface area is 171 Å². The van der Waals surface area contributed by atoms with Gasteiger partial charge in [-0.2, -0.15) is 0 Å². The summed E-state index contributed by atoms with van der Waals surface area (Å²) in [5.74, 6) is 0.380. The lowest BCUT2D eigenvalue weighted by Gasteiger charge is -2.33. The van der Waals surface area contributed by atoms with Crippen LogP contribution >= 0.6 is 0 Å². The molecule has 0 aliphatic carbocycles. The number of carbonyl (C=O) groups is 1. The third-order valence-corrected chi connectivity index (χ3v) is 8.57. The zero-order valence-electron chi connectivity index (χ0n) is 18.8. The molecule has 1 aliphatic heterocycles. The molecular weight excluding hydrogens is 348 g/mol. The maximum atomic E-state index is 12.3. The molecule has 3 heteroatoms. The van der Waals surface area contributed by atoms with Gasteiger partial charge in [-0.25, -0.2) is 0 Å². The van der Waals surface area contributed by atoms with Crippen molar-refractivity contribution in [2.45, 2.75) is 148 Å². The van der Waals surface area contributed by atoms with Gasteiger partial charge >= 0.3 is 0 Å². The average Bonchev–Trinajstić information content (AvgIpc) is 2.64. The average molecular weight is 397 g/mol. The monoisotopic (exact) mass is 396 g/mol. The van der Waals surface area contributed by atoms with Crippen LogP contribution in [0.1, 0.15) is 122 Å². The van der Waals surface area contributed by atoms with Gasteiger partial charge in [0.15, 0.2) is 14.1 Å². The molecule has 0 radical (unpaired) electrons. The first-order valence-corrected chi connectivity index (χ1v) is 15.4. The highest BCUT2D eigenvalue weighted by Crippen LogP contribution is 2.27. The zero-order chi connectivity index (χ0) is 19.8. The van der Waals surface area contributed by atoms with Crippen molar-refractivity contribution in [3.63, 3.8) is 0 Å². The highest BCUT2D eigenvalue weighted by Gasteiger charge is 2.33. The molecule has 0 saturated carbocycles. The van der Waals surface area contributed by atoms with E-state index in [1.165, 1.54) is 102 Å². The Morgan fingerprint density at radius 2 is 1.22 bits per heavy atom. The molecule has 0 amide bonds. The maximum Gasteiger partial charge on any atom is 0.187 e. The van der Waals surface area contributed by atoms with Crippen molar-refractivity contribution in [1.29, 1.82) is 0 Å². The molecule has 2 nitrogen and oxygen atoms in total. The summed E-state index contributed by atoms with van der Waals surface area (Å²) in [5, 5.41) is 0. The molecule has 0 N–H and O–H groups in total. The Morgan fingerprint density at radius 3 is 1.67 bits per heavy atom. The van der Waals surface area contributed by atoms with Crippen molar-refractivity contribution in [3.8, 4) is 0 Å². The van der Waals surface area contributed by atoms with E-state index in [1.807, 2.05) is 0 Å². The molecule has 1 saturated heterocycles. The third-order valence-electron chi connectivity index (χ3n) is 6.09. The summed E-state index contributed by atoms with van der Waals surface area (Å²) >= 11 is 0. The van der Waals surface area contributed by atoms with E-state index >= 15 is 0 Å². The molecular formula is C24H48O2Si. The highest BCUT2D eigenvalue weighted by molar-refractivity contribution is 6.71. The molecule has 0 bridgehead atoms. The van der Waals surface area contributed by atoms with Crippen molar-refractivity contribution in [2.24, 2.45) is 0 Å². The second kappa shape index (κ2) is 15.7. The van der Waals surface area contributed by atoms with E-state index in [4.69, 9.17) is 4.43 Å². The molecule has 1 rings (SSSR count). The maximum absolute atomic E-state index is 12.3. The smallest absolute Gasteiger partial charge is 0.187 e. The zero-order valence-corrected chi connectivity index (χ0v) is 19.8. The van der Waals surface area contributed by atoms with E-state index < -0.39 is 8.32 Å². The lowest BCUT2D eigenvalue weighted by atomic mass is 10.0. The molecule has 0 aromatic rings. The van der Waals surface area contributed by atoms with Crippen LogP contribution in [0.25, 0.3) is 0 Å². The highest BCUT2D eigenvalue weighted by atomic mass is 28.4. The number of hydrogen-bond donors (Lipinski definition) is 0. The van der Waals surface area contributed by atoms with Gasteiger partial charge in [-0.05, 0) is 32.0 Å². The Balaban J connectivity index is 1.82. The van der Waals surface area contributed by atoms with Crippen LogP contribution in [0.4, 0.5) is 0 Å². The lowest BCUT2D eigenvalue weighted by molar-refractivity contribution is -0.127. The Bertz CT molecular complexity index is 367. The van der Waals surface area contributed by atoms with Crippen LogP contribution in [-0.4, -0.2) is 20.2 Å². The van der Waals surface area contributed by atoms with Gasteiger partial charge in [0.1, 0.15) is 6.10 Å². The van der Waals surface area contributed by atoms with E-state index in [0.717, 1.165) is 19.3 Å². The van der Waals surface area contributed by atoms with E-state index in [1.54, 1.807) is 0 Å². The van der Waals surface area contributed by atoms with Gasteiger partial charge in [-0.3, -0.25) is 4.79 Å².